The van der Waals surface area contributed by atoms with Crippen molar-refractivity contribution in [2.75, 3.05) is 6.61 Å². The molecular formula is C24H23FN2O5S. The number of rotatable bonds is 7. The lowest BCUT2D eigenvalue weighted by Crippen LogP contribution is -2.16. The Morgan fingerprint density at radius 3 is 2.33 bits per heavy atom. The van der Waals surface area contributed by atoms with Crippen molar-refractivity contribution < 1.29 is 27.1 Å². The number of Topliss-reactive ketones (excluding diaryl/α,β-unsaturated/α-hetero) is 1. The Morgan fingerprint density at radius 1 is 1.09 bits per heavy atom. The molecule has 1 aromatic heterocycles. The molecule has 2 aromatic carbocycles. The van der Waals surface area contributed by atoms with E-state index >= 15 is 0 Å². The van der Waals surface area contributed by atoms with Gasteiger partial charge in [-0.2, -0.15) is 0 Å². The van der Waals surface area contributed by atoms with Crippen LogP contribution >= 0.6 is 0 Å². The monoisotopic (exact) mass is 470 g/mol. The van der Waals surface area contributed by atoms with Crippen LogP contribution < -0.4 is 5.14 Å². The number of benzene rings is 2. The van der Waals surface area contributed by atoms with E-state index in [0.29, 0.717) is 23.4 Å². The predicted octanol–water partition coefficient (Wildman–Crippen LogP) is 3.41. The molecule has 0 saturated heterocycles. The molecule has 172 valence electrons. The summed E-state index contributed by atoms with van der Waals surface area (Å²) in [4.78, 5) is 25.1. The van der Waals surface area contributed by atoms with Crippen molar-refractivity contribution in [3.05, 3.63) is 82.9 Å². The number of aryl methyl sites for hydroxylation is 1. The molecule has 3 aromatic rings. The lowest BCUT2D eigenvalue weighted by molar-refractivity contribution is -0.144. The van der Waals surface area contributed by atoms with Crippen molar-refractivity contribution in [1.82, 2.24) is 4.57 Å². The van der Waals surface area contributed by atoms with E-state index in [1.165, 1.54) is 24.3 Å². The summed E-state index contributed by atoms with van der Waals surface area (Å²) in [6.07, 6.45) is 0.613. The molecule has 2 N–H and O–H groups in total. The fourth-order valence-electron chi connectivity index (χ4n) is 4.08. The third-order valence-corrected chi connectivity index (χ3v) is 6.82. The minimum absolute atomic E-state index is 0.00376. The Balaban J connectivity index is 1.42. The maximum atomic E-state index is 13.1. The van der Waals surface area contributed by atoms with Crippen LogP contribution in [0.2, 0.25) is 0 Å². The number of hydrogen-bond donors (Lipinski definition) is 1. The largest absolute Gasteiger partial charge is 0.457 e. The first-order valence-electron chi connectivity index (χ1n) is 10.3. The highest BCUT2D eigenvalue weighted by Crippen LogP contribution is 2.48. The van der Waals surface area contributed by atoms with E-state index in [1.807, 2.05) is 11.5 Å². The molecule has 1 fully saturated rings. The van der Waals surface area contributed by atoms with E-state index in [-0.39, 0.29) is 34.9 Å². The molecule has 0 unspecified atom stereocenters. The zero-order valence-electron chi connectivity index (χ0n) is 18.1. The highest BCUT2D eigenvalue weighted by molar-refractivity contribution is 7.89. The minimum Gasteiger partial charge on any atom is -0.457 e. The maximum absolute atomic E-state index is 13.1. The quantitative estimate of drug-likeness (QED) is 0.421. The Hall–Kier alpha value is -3.30. The fraction of sp³-hybridized carbons (Fsp3) is 0.250. The van der Waals surface area contributed by atoms with Crippen LogP contribution in [0.25, 0.3) is 5.69 Å². The second kappa shape index (κ2) is 8.57. The van der Waals surface area contributed by atoms with Gasteiger partial charge >= 0.3 is 5.97 Å². The first-order chi connectivity index (χ1) is 15.6. The molecule has 33 heavy (non-hydrogen) atoms. The first kappa shape index (κ1) is 22.9. The standard InChI is InChI=1S/C24H23FN2O5S/c1-14-11-20(15(2)27(14)18-7-9-19(10-8-18)33(26,30)31)23(28)13-32-24(29)22-12-21(22)16-3-5-17(25)6-4-16/h3-11,21-22H,12-13H2,1-2H3,(H2,26,30,31)/t21-,22-/m1/s1. The molecule has 9 heteroatoms. The summed E-state index contributed by atoms with van der Waals surface area (Å²) in [7, 11) is -3.80. The van der Waals surface area contributed by atoms with Crippen molar-refractivity contribution in [3.8, 4) is 5.69 Å². The molecule has 0 radical (unpaired) electrons. The van der Waals surface area contributed by atoms with Gasteiger partial charge < -0.3 is 9.30 Å². The summed E-state index contributed by atoms with van der Waals surface area (Å²) < 4.78 is 43.1. The normalized spacial score (nSPS) is 17.6. The van der Waals surface area contributed by atoms with Gasteiger partial charge in [-0.1, -0.05) is 12.1 Å². The molecule has 0 aliphatic heterocycles. The van der Waals surface area contributed by atoms with E-state index in [4.69, 9.17) is 9.88 Å². The van der Waals surface area contributed by atoms with Crippen LogP contribution in [0.15, 0.2) is 59.5 Å². The van der Waals surface area contributed by atoms with Crippen LogP contribution in [0.1, 0.15) is 39.6 Å². The number of esters is 1. The number of nitrogens with two attached hydrogens (primary N) is 1. The Kier molecular flexibility index (Phi) is 5.94. The summed E-state index contributed by atoms with van der Waals surface area (Å²) in [5.41, 5.74) is 3.38. The van der Waals surface area contributed by atoms with Crippen LogP contribution in [0.3, 0.4) is 0 Å². The Morgan fingerprint density at radius 2 is 1.73 bits per heavy atom. The predicted molar refractivity (Wildman–Crippen MR) is 119 cm³/mol. The highest BCUT2D eigenvalue weighted by atomic mass is 32.2. The van der Waals surface area contributed by atoms with Gasteiger partial charge in [-0.15, -0.1) is 0 Å². The van der Waals surface area contributed by atoms with Gasteiger partial charge in [0, 0.05) is 22.6 Å². The number of carbonyl (C=O) groups is 2. The van der Waals surface area contributed by atoms with E-state index in [9.17, 15) is 22.4 Å². The summed E-state index contributed by atoms with van der Waals surface area (Å²) in [6.45, 7) is 3.21. The summed E-state index contributed by atoms with van der Waals surface area (Å²) >= 11 is 0. The Labute approximate surface area is 191 Å². The second-order valence-electron chi connectivity index (χ2n) is 8.19. The molecular weight excluding hydrogens is 447 g/mol. The van der Waals surface area contributed by atoms with Crippen LogP contribution in [-0.4, -0.2) is 31.3 Å². The number of primary sulfonamides is 1. The molecule has 2 atom stereocenters. The number of halogens is 1. The zero-order valence-corrected chi connectivity index (χ0v) is 18.9. The third-order valence-electron chi connectivity index (χ3n) is 5.89. The smallest absolute Gasteiger partial charge is 0.310 e. The lowest BCUT2D eigenvalue weighted by Gasteiger charge is -2.10. The molecule has 4 rings (SSSR count). The van der Waals surface area contributed by atoms with E-state index in [1.54, 1.807) is 37.3 Å². The zero-order chi connectivity index (χ0) is 23.9. The van der Waals surface area contributed by atoms with Crippen LogP contribution in [0.5, 0.6) is 0 Å². The Bertz CT molecular complexity index is 1330. The van der Waals surface area contributed by atoms with Gasteiger partial charge in [0.25, 0.3) is 0 Å². The molecule has 0 amide bonds. The first-order valence-corrected chi connectivity index (χ1v) is 11.9. The van der Waals surface area contributed by atoms with E-state index in [2.05, 4.69) is 0 Å². The van der Waals surface area contributed by atoms with Gasteiger partial charge in [-0.3, -0.25) is 9.59 Å². The van der Waals surface area contributed by atoms with Crippen molar-refractivity contribution in [3.63, 3.8) is 0 Å². The molecule has 1 heterocycles. The van der Waals surface area contributed by atoms with Crippen LogP contribution in [-0.2, 0) is 19.6 Å². The minimum atomic E-state index is -3.80. The second-order valence-corrected chi connectivity index (χ2v) is 9.75. The topological polar surface area (TPSA) is 108 Å². The number of nitrogens with zero attached hydrogens (tertiary/aromatic N) is 1. The highest BCUT2D eigenvalue weighted by Gasteiger charge is 2.45. The number of carbonyl (C=O) groups excluding carboxylic acids is 2. The van der Waals surface area contributed by atoms with Crippen molar-refractivity contribution in [2.24, 2.45) is 11.1 Å². The fourth-order valence-corrected chi connectivity index (χ4v) is 4.60. The lowest BCUT2D eigenvalue weighted by atomic mass is 10.1. The van der Waals surface area contributed by atoms with Crippen molar-refractivity contribution in [1.29, 1.82) is 0 Å². The summed E-state index contributed by atoms with van der Waals surface area (Å²) in [5, 5.41) is 5.14. The molecule has 1 aliphatic rings. The number of ether oxygens (including phenoxy) is 1. The molecule has 1 aliphatic carbocycles. The van der Waals surface area contributed by atoms with Gasteiger partial charge in [-0.05, 0) is 74.2 Å². The van der Waals surface area contributed by atoms with Crippen LogP contribution in [0, 0.1) is 25.6 Å². The molecule has 0 spiro atoms. The number of sulfonamides is 1. The van der Waals surface area contributed by atoms with Crippen LogP contribution in [0.4, 0.5) is 4.39 Å². The van der Waals surface area contributed by atoms with Gasteiger partial charge in [0.2, 0.25) is 15.8 Å². The number of hydrogen-bond acceptors (Lipinski definition) is 5. The maximum Gasteiger partial charge on any atom is 0.310 e. The molecule has 1 saturated carbocycles. The number of aromatic nitrogens is 1. The van der Waals surface area contributed by atoms with Crippen molar-refractivity contribution >= 4 is 21.8 Å². The molecule has 0 bridgehead atoms. The average molecular weight is 471 g/mol. The summed E-state index contributed by atoms with van der Waals surface area (Å²) in [5.74, 6) is -1.44. The summed E-state index contributed by atoms with van der Waals surface area (Å²) in [6, 6.07) is 13.8. The van der Waals surface area contributed by atoms with Crippen molar-refractivity contribution in [2.45, 2.75) is 31.1 Å². The average Bonchev–Trinajstić information content (AvgIpc) is 3.51. The van der Waals surface area contributed by atoms with Gasteiger partial charge in [0.1, 0.15) is 5.82 Å². The van der Waals surface area contributed by atoms with Gasteiger partial charge in [-0.25, -0.2) is 17.9 Å². The third kappa shape index (κ3) is 4.74. The number of ketones is 1. The van der Waals surface area contributed by atoms with Gasteiger partial charge in [0.15, 0.2) is 6.61 Å². The van der Waals surface area contributed by atoms with E-state index < -0.39 is 16.0 Å². The SMILES string of the molecule is Cc1cc(C(=O)COC(=O)[C@@H]2C[C@@H]2c2ccc(F)cc2)c(C)n1-c1ccc(S(N)(=O)=O)cc1. The van der Waals surface area contributed by atoms with Gasteiger partial charge in [0.05, 0.1) is 10.8 Å². The molecule has 7 nitrogen and oxygen atoms in total. The van der Waals surface area contributed by atoms with E-state index in [0.717, 1.165) is 11.3 Å².